The van der Waals surface area contributed by atoms with E-state index in [1.807, 2.05) is 24.3 Å². The van der Waals surface area contributed by atoms with Crippen LogP contribution in [0.5, 0.6) is 0 Å². The monoisotopic (exact) mass is 643 g/mol. The van der Waals surface area contributed by atoms with Crippen LogP contribution in [-0.4, -0.2) is 17.8 Å². The summed E-state index contributed by atoms with van der Waals surface area (Å²) in [6.45, 7) is 4.53. The first-order valence-corrected chi connectivity index (χ1v) is 19.3. The van der Waals surface area contributed by atoms with Gasteiger partial charge in [-0.1, -0.05) is 155 Å². The molecule has 2 N–H and O–H groups in total. The Kier molecular flexibility index (Phi) is 19.1. The molecule has 7 heteroatoms. The number of rotatable bonds is 27. The molecule has 260 valence electrons. The van der Waals surface area contributed by atoms with Gasteiger partial charge in [0.25, 0.3) is 0 Å². The third-order valence-corrected chi connectivity index (χ3v) is 9.41. The summed E-state index contributed by atoms with van der Waals surface area (Å²) < 4.78 is 39.1. The molecule has 3 rings (SSSR count). The van der Waals surface area contributed by atoms with Crippen molar-refractivity contribution in [2.24, 2.45) is 0 Å². The predicted octanol–water partition coefficient (Wildman–Crippen LogP) is 11.4. The molecule has 0 aliphatic carbocycles. The third-order valence-electron chi connectivity index (χ3n) is 9.41. The Balaban J connectivity index is 1.34. The predicted molar refractivity (Wildman–Crippen MR) is 192 cm³/mol. The zero-order valence-electron chi connectivity index (χ0n) is 29.4. The van der Waals surface area contributed by atoms with Gasteiger partial charge in [-0.15, -0.1) is 0 Å². The quantitative estimate of drug-likeness (QED) is 0.0741. The summed E-state index contributed by atoms with van der Waals surface area (Å²) in [5, 5.41) is 0. The number of hydrogen-bond donors (Lipinski definition) is 2. The fourth-order valence-electron chi connectivity index (χ4n) is 6.56. The van der Waals surface area contributed by atoms with Crippen molar-refractivity contribution in [2.45, 2.75) is 181 Å². The highest BCUT2D eigenvalue weighted by molar-refractivity contribution is 6.53. The minimum absolute atomic E-state index is 0.129. The second-order valence-electron chi connectivity index (χ2n) is 13.7. The van der Waals surface area contributed by atoms with Crippen molar-refractivity contribution in [3.05, 3.63) is 53.2 Å². The van der Waals surface area contributed by atoms with E-state index in [0.717, 1.165) is 37.1 Å². The van der Waals surface area contributed by atoms with Crippen LogP contribution in [0, 0.1) is 0 Å². The Labute approximate surface area is 280 Å². The van der Waals surface area contributed by atoms with Gasteiger partial charge in [-0.2, -0.15) is 0 Å². The molecule has 0 saturated carbocycles. The van der Waals surface area contributed by atoms with Crippen molar-refractivity contribution in [2.75, 3.05) is 0 Å². The molecule has 0 fully saturated rings. The van der Waals surface area contributed by atoms with Crippen LogP contribution in [-0.2, 0) is 15.7 Å². The van der Waals surface area contributed by atoms with Gasteiger partial charge in [-0.25, -0.2) is 4.99 Å². The summed E-state index contributed by atoms with van der Waals surface area (Å²) in [6.07, 6.45) is 38.9. The van der Waals surface area contributed by atoms with Gasteiger partial charge in [0.05, 0.1) is 5.69 Å². The summed E-state index contributed by atoms with van der Waals surface area (Å²) in [6, 6.07) is 3.82. The largest absolute Gasteiger partial charge is 0.726 e. The number of aromatic amines is 1. The van der Waals surface area contributed by atoms with Crippen LogP contribution in [0.2, 0.25) is 0 Å². The van der Waals surface area contributed by atoms with E-state index in [-0.39, 0.29) is 11.5 Å². The molecule has 4 nitrogen and oxygen atoms in total. The van der Waals surface area contributed by atoms with E-state index < -0.39 is 7.11 Å². The number of halogens is 2. The minimum atomic E-state index is -4.44. The molecular formula is C39H65BF2N2O2. The van der Waals surface area contributed by atoms with E-state index in [1.54, 1.807) is 6.08 Å². The summed E-state index contributed by atoms with van der Waals surface area (Å²) in [4.78, 5) is 6.62. The molecule has 0 saturated heterocycles. The Morgan fingerprint density at radius 2 is 1.07 bits per heavy atom. The fraction of sp³-hybridized carbons (Fsp3) is 0.718. The Morgan fingerprint density at radius 3 is 1.59 bits per heavy atom. The maximum atomic E-state index is 14.6. The molecule has 46 heavy (non-hydrogen) atoms. The van der Waals surface area contributed by atoms with Crippen molar-refractivity contribution < 1.29 is 22.9 Å². The highest BCUT2D eigenvalue weighted by Crippen LogP contribution is 2.32. The second-order valence-corrected chi connectivity index (χ2v) is 13.7. The van der Waals surface area contributed by atoms with E-state index >= 15 is 0 Å². The topological polar surface area (TPSA) is 48.2 Å². The van der Waals surface area contributed by atoms with E-state index in [1.165, 1.54) is 141 Å². The lowest BCUT2D eigenvalue weighted by Gasteiger charge is -2.33. The minimum Gasteiger partial charge on any atom is -0.626 e. The van der Waals surface area contributed by atoms with E-state index in [2.05, 4.69) is 23.8 Å². The average Bonchev–Trinajstić information content (AvgIpc) is 3.72. The Morgan fingerprint density at radius 1 is 0.587 bits per heavy atom. The first kappa shape index (κ1) is 38.1. The number of aromatic nitrogens is 1. The molecule has 2 aliphatic rings. The molecule has 0 bridgehead atoms. The Bertz CT molecular complexity index is 1090. The van der Waals surface area contributed by atoms with Crippen LogP contribution >= 0.6 is 0 Å². The maximum absolute atomic E-state index is 14.6. The number of allylic oxidation sites excluding steroid dienone is 3. The van der Waals surface area contributed by atoms with Gasteiger partial charge < -0.3 is 22.9 Å². The number of unbranched alkanes of at least 4 members (excludes halogenated alkanes) is 22. The molecular weight excluding hydrogens is 577 g/mol. The van der Waals surface area contributed by atoms with Crippen LogP contribution < -0.4 is 4.99 Å². The van der Waals surface area contributed by atoms with E-state index in [0.29, 0.717) is 11.4 Å². The van der Waals surface area contributed by atoms with Crippen LogP contribution in [0.3, 0.4) is 0 Å². The smallest absolute Gasteiger partial charge is 0.626 e. The number of hydrogen-bond acceptors (Lipinski definition) is 2. The number of nitrogens with one attached hydrogen (secondary N) is 2. The number of aryl methyl sites for hydroxylation is 1. The van der Waals surface area contributed by atoms with Crippen molar-refractivity contribution in [3.63, 3.8) is 0 Å². The van der Waals surface area contributed by atoms with E-state index in [4.69, 9.17) is 9.31 Å². The molecule has 0 amide bonds. The highest BCUT2D eigenvalue weighted by atomic mass is 19.3. The highest BCUT2D eigenvalue weighted by Gasteiger charge is 2.40. The van der Waals surface area contributed by atoms with Crippen LogP contribution in [0.15, 0.2) is 41.8 Å². The number of H-pyrrole nitrogens is 1. The van der Waals surface area contributed by atoms with Gasteiger partial charge in [0.1, 0.15) is 5.76 Å². The van der Waals surface area contributed by atoms with Crippen LogP contribution in [0.1, 0.15) is 186 Å². The molecule has 0 radical (unpaired) electrons. The standard InChI is InChI=1S/C39H64BF2N2O2/c1-3-5-7-9-11-13-15-17-19-21-23-25-27-34-29-31-36(43-34)38-33-39(46-40(41,42)45-38)37-32-30-35(44-37)28-26-24-22-20-18-16-14-12-10-8-6-4-2/h29-33,43H,3-28H2,1-2H3/q-1/p+1/b39-37-. The average molecular weight is 643 g/mol. The normalized spacial score (nSPS) is 17.2. The van der Waals surface area contributed by atoms with Crippen molar-refractivity contribution in [3.8, 4) is 0 Å². The zero-order chi connectivity index (χ0) is 32.7. The molecule has 0 unspecified atom stereocenters. The lowest BCUT2D eigenvalue weighted by molar-refractivity contribution is -0.390. The van der Waals surface area contributed by atoms with Crippen molar-refractivity contribution >= 4 is 18.6 Å². The van der Waals surface area contributed by atoms with Gasteiger partial charge in [0, 0.05) is 30.3 Å². The molecule has 1 aromatic rings. The Hall–Kier alpha value is -2.31. The fourth-order valence-corrected chi connectivity index (χ4v) is 6.56. The first-order chi connectivity index (χ1) is 22.5. The first-order valence-electron chi connectivity index (χ1n) is 19.3. The lowest BCUT2D eigenvalue weighted by atomic mass is 10.0. The van der Waals surface area contributed by atoms with Gasteiger partial charge in [-0.05, 0) is 31.4 Å². The van der Waals surface area contributed by atoms with Crippen LogP contribution in [0.25, 0.3) is 5.76 Å². The SMILES string of the molecule is CCCCCCCCCCCCCCC1=[NH+]/C(=C2/C=C(c3ccc(CCCCCCCCCCCCCC)[nH]3)O[B-](F)(F)O2)C=C1. The molecule has 0 aromatic carbocycles. The third kappa shape index (κ3) is 16.0. The van der Waals surface area contributed by atoms with Gasteiger partial charge >= 0.3 is 7.11 Å². The summed E-state index contributed by atoms with van der Waals surface area (Å²) >= 11 is 0. The molecule has 0 atom stereocenters. The lowest BCUT2D eigenvalue weighted by Crippen LogP contribution is -2.68. The summed E-state index contributed by atoms with van der Waals surface area (Å²) in [5.74, 6) is 0.258. The van der Waals surface area contributed by atoms with E-state index in [9.17, 15) is 8.63 Å². The summed E-state index contributed by atoms with van der Waals surface area (Å²) in [5.41, 5.74) is 3.25. The molecule has 0 spiro atoms. The second kappa shape index (κ2) is 23.1. The van der Waals surface area contributed by atoms with Crippen molar-refractivity contribution in [1.29, 1.82) is 0 Å². The summed E-state index contributed by atoms with van der Waals surface area (Å²) in [7, 11) is -4.44. The zero-order valence-corrected chi connectivity index (χ0v) is 29.4. The van der Waals surface area contributed by atoms with Gasteiger partial charge in [0.15, 0.2) is 11.5 Å². The van der Waals surface area contributed by atoms with Crippen molar-refractivity contribution in [1.82, 2.24) is 4.98 Å². The molecule has 3 heterocycles. The molecule has 1 aromatic heterocycles. The van der Waals surface area contributed by atoms with Gasteiger partial charge in [0.2, 0.25) is 5.70 Å². The van der Waals surface area contributed by atoms with Gasteiger partial charge in [-0.3, -0.25) is 0 Å². The van der Waals surface area contributed by atoms with Crippen LogP contribution in [0.4, 0.5) is 8.63 Å². The maximum Gasteiger partial charge on any atom is 0.726 e. The molecule has 2 aliphatic heterocycles.